The first-order chi connectivity index (χ1) is 16.1. The monoisotopic (exact) mass is 468 g/mol. The summed E-state index contributed by atoms with van der Waals surface area (Å²) in [6.45, 7) is 0. The van der Waals surface area contributed by atoms with Crippen LogP contribution in [0.3, 0.4) is 0 Å². The number of hydrogen-bond donors (Lipinski definition) is 2. The van der Waals surface area contributed by atoms with E-state index in [0.29, 0.717) is 16.6 Å². The number of ketones is 1. The van der Waals surface area contributed by atoms with E-state index in [0.717, 1.165) is 18.2 Å². The standard InChI is InChI=1S/C24H17F4N5O/c1-33(20-7-10-31-19-6-5-16(25)14-18(19)20)21(8-12-32-33)23(29)22(34)9-11-30-17-4-2-3-15(13-17)24(26,27)28/h2-14,29H,1H3/p+1. The van der Waals surface area contributed by atoms with Crippen molar-refractivity contribution in [2.24, 2.45) is 5.10 Å². The van der Waals surface area contributed by atoms with E-state index in [1.807, 2.05) is 0 Å². The average molecular weight is 468 g/mol. The molecule has 172 valence electrons. The maximum Gasteiger partial charge on any atom is 0.416 e. The Labute approximate surface area is 191 Å². The van der Waals surface area contributed by atoms with E-state index >= 15 is 0 Å². The van der Waals surface area contributed by atoms with E-state index in [1.54, 1.807) is 13.1 Å². The molecule has 0 saturated heterocycles. The lowest BCUT2D eigenvalue weighted by molar-refractivity contribution is -0.137. The van der Waals surface area contributed by atoms with Crippen molar-refractivity contribution in [2.45, 2.75) is 6.18 Å². The molecule has 0 bridgehead atoms. The number of anilines is 1. The number of quaternary nitrogens is 1. The zero-order valence-corrected chi connectivity index (χ0v) is 17.8. The summed E-state index contributed by atoms with van der Waals surface area (Å²) in [5.74, 6) is -1.15. The van der Waals surface area contributed by atoms with E-state index in [9.17, 15) is 22.4 Å². The second-order valence-electron chi connectivity index (χ2n) is 7.56. The SMILES string of the molecule is C[N+]1(c2ccnc3ccc(F)cc23)N=CC=C1C(=N)C(=O)C=CNc1cccc(C(F)(F)F)c1. The molecule has 0 aliphatic carbocycles. The summed E-state index contributed by atoms with van der Waals surface area (Å²) in [6.07, 6.45) is 2.24. The molecule has 2 heterocycles. The van der Waals surface area contributed by atoms with Crippen molar-refractivity contribution in [1.82, 2.24) is 9.58 Å². The summed E-state index contributed by atoms with van der Waals surface area (Å²) in [7, 11) is 1.65. The van der Waals surface area contributed by atoms with Crippen molar-refractivity contribution < 1.29 is 22.4 Å². The second-order valence-corrected chi connectivity index (χ2v) is 7.56. The fourth-order valence-electron chi connectivity index (χ4n) is 3.63. The largest absolute Gasteiger partial charge is 0.416 e. The first-order valence-corrected chi connectivity index (χ1v) is 10.0. The van der Waals surface area contributed by atoms with Gasteiger partial charge >= 0.3 is 6.18 Å². The molecule has 3 aromatic rings. The number of nitrogens with zero attached hydrogens (tertiary/aromatic N) is 3. The molecule has 0 amide bonds. The van der Waals surface area contributed by atoms with Gasteiger partial charge in [-0.1, -0.05) is 11.2 Å². The van der Waals surface area contributed by atoms with Gasteiger partial charge in [0.25, 0.3) is 0 Å². The zero-order valence-electron chi connectivity index (χ0n) is 17.8. The Morgan fingerprint density at radius 1 is 1.15 bits per heavy atom. The van der Waals surface area contributed by atoms with Crippen molar-refractivity contribution in [3.63, 3.8) is 0 Å². The van der Waals surface area contributed by atoms with Crippen LogP contribution in [-0.2, 0) is 11.0 Å². The highest BCUT2D eigenvalue weighted by Gasteiger charge is 2.40. The van der Waals surface area contributed by atoms with Crippen LogP contribution >= 0.6 is 0 Å². The first-order valence-electron chi connectivity index (χ1n) is 10.0. The lowest BCUT2D eigenvalue weighted by Crippen LogP contribution is -2.41. The summed E-state index contributed by atoms with van der Waals surface area (Å²) >= 11 is 0. The number of halogens is 4. The minimum atomic E-state index is -4.49. The summed E-state index contributed by atoms with van der Waals surface area (Å²) in [4.78, 5) is 16.9. The molecule has 4 rings (SSSR count). The topological polar surface area (TPSA) is 78.2 Å². The van der Waals surface area contributed by atoms with E-state index in [1.165, 1.54) is 55.0 Å². The van der Waals surface area contributed by atoms with Crippen LogP contribution in [0.2, 0.25) is 0 Å². The molecule has 1 unspecified atom stereocenters. The van der Waals surface area contributed by atoms with Gasteiger partial charge in [0.1, 0.15) is 12.9 Å². The van der Waals surface area contributed by atoms with Gasteiger partial charge in [-0.25, -0.2) is 4.39 Å². The number of allylic oxidation sites excluding steroid dienone is 3. The van der Waals surface area contributed by atoms with Crippen LogP contribution in [0.4, 0.5) is 28.9 Å². The highest BCUT2D eigenvalue weighted by atomic mass is 19.4. The molecule has 6 nitrogen and oxygen atoms in total. The predicted molar refractivity (Wildman–Crippen MR) is 123 cm³/mol. The number of pyridine rings is 1. The lowest BCUT2D eigenvalue weighted by atomic mass is 10.1. The molecule has 0 fully saturated rings. The normalized spacial score (nSPS) is 17.9. The Morgan fingerprint density at radius 2 is 1.94 bits per heavy atom. The van der Waals surface area contributed by atoms with Crippen LogP contribution in [-0.4, -0.2) is 29.7 Å². The number of alkyl halides is 3. The minimum Gasteiger partial charge on any atom is -0.362 e. The molecule has 34 heavy (non-hydrogen) atoms. The number of carbonyl (C=O) groups excluding carboxylic acids is 1. The number of benzene rings is 2. The van der Waals surface area contributed by atoms with E-state index in [-0.39, 0.29) is 21.7 Å². The van der Waals surface area contributed by atoms with Gasteiger partial charge in [-0.05, 0) is 36.4 Å². The average Bonchev–Trinajstić information content (AvgIpc) is 3.20. The predicted octanol–water partition coefficient (Wildman–Crippen LogP) is 5.43. The van der Waals surface area contributed by atoms with Crippen LogP contribution < -0.4 is 9.91 Å². The molecule has 0 spiro atoms. The molecule has 0 saturated carbocycles. The highest BCUT2D eigenvalue weighted by Crippen LogP contribution is 2.36. The van der Waals surface area contributed by atoms with Crippen LogP contribution in [0.1, 0.15) is 5.56 Å². The van der Waals surface area contributed by atoms with E-state index in [2.05, 4.69) is 15.4 Å². The smallest absolute Gasteiger partial charge is 0.362 e. The Balaban J connectivity index is 1.55. The summed E-state index contributed by atoms with van der Waals surface area (Å²) in [5, 5.41) is 15.9. The number of aromatic nitrogens is 1. The maximum atomic E-state index is 13.9. The van der Waals surface area contributed by atoms with E-state index in [4.69, 9.17) is 5.41 Å². The number of rotatable bonds is 6. The summed E-state index contributed by atoms with van der Waals surface area (Å²) in [5.41, 5.74) is 0.233. The Kier molecular flexibility index (Phi) is 5.84. The third-order valence-corrected chi connectivity index (χ3v) is 5.33. The van der Waals surface area contributed by atoms with Crippen LogP contribution in [0, 0.1) is 11.2 Å². The summed E-state index contributed by atoms with van der Waals surface area (Å²) in [6, 6.07) is 10.3. The molecule has 10 heteroatoms. The lowest BCUT2D eigenvalue weighted by Gasteiger charge is -2.26. The zero-order chi connectivity index (χ0) is 24.5. The fraction of sp³-hybridized carbons (Fsp3) is 0.0833. The third kappa shape index (κ3) is 4.35. The number of hydrogen-bond acceptors (Lipinski definition) is 5. The molecule has 1 atom stereocenters. The quantitative estimate of drug-likeness (QED) is 0.219. The van der Waals surface area contributed by atoms with Crippen molar-refractivity contribution in [3.05, 3.63) is 90.2 Å². The van der Waals surface area contributed by atoms with Gasteiger partial charge < -0.3 is 5.32 Å². The summed E-state index contributed by atoms with van der Waals surface area (Å²) < 4.78 is 52.2. The number of nitrogens with one attached hydrogen (secondary N) is 2. The minimum absolute atomic E-state index is 0.139. The first kappa shape index (κ1) is 23.0. The molecule has 2 N–H and O–H groups in total. The van der Waals surface area contributed by atoms with Gasteiger partial charge in [0.05, 0.1) is 22.7 Å². The molecule has 1 aliphatic rings. The van der Waals surface area contributed by atoms with Gasteiger partial charge in [0.15, 0.2) is 17.1 Å². The maximum absolute atomic E-state index is 13.9. The molecular formula is C24H18F4N5O+. The van der Waals surface area contributed by atoms with Crippen molar-refractivity contribution in [1.29, 1.82) is 5.41 Å². The molecule has 0 radical (unpaired) electrons. The molecule has 2 aromatic carbocycles. The van der Waals surface area contributed by atoms with Crippen LogP contribution in [0.25, 0.3) is 10.9 Å². The van der Waals surface area contributed by atoms with Crippen molar-refractivity contribution in [3.8, 4) is 0 Å². The molecule has 1 aliphatic heterocycles. The van der Waals surface area contributed by atoms with Crippen molar-refractivity contribution >= 4 is 40.0 Å². The molecular weight excluding hydrogens is 450 g/mol. The fourth-order valence-corrected chi connectivity index (χ4v) is 3.63. The van der Waals surface area contributed by atoms with E-state index < -0.39 is 23.3 Å². The number of carbonyl (C=O) groups is 1. The van der Waals surface area contributed by atoms with Gasteiger partial charge in [-0.15, -0.1) is 4.59 Å². The second kappa shape index (κ2) is 8.64. The van der Waals surface area contributed by atoms with Crippen LogP contribution in [0.5, 0.6) is 0 Å². The highest BCUT2D eigenvalue weighted by molar-refractivity contribution is 6.49. The van der Waals surface area contributed by atoms with Gasteiger partial charge in [-0.3, -0.25) is 15.2 Å². The Morgan fingerprint density at radius 3 is 2.71 bits per heavy atom. The Bertz CT molecular complexity index is 1390. The molecule has 1 aromatic heterocycles. The van der Waals surface area contributed by atoms with Gasteiger partial charge in [-0.2, -0.15) is 13.2 Å². The number of fused-ring (bicyclic) bond motifs is 1. The van der Waals surface area contributed by atoms with Crippen molar-refractivity contribution in [2.75, 3.05) is 12.4 Å². The van der Waals surface area contributed by atoms with Gasteiger partial charge in [0.2, 0.25) is 5.78 Å². The van der Waals surface area contributed by atoms with Gasteiger partial charge in [0, 0.05) is 36.3 Å². The third-order valence-electron chi connectivity index (χ3n) is 5.33. The van der Waals surface area contributed by atoms with Crippen LogP contribution in [0.15, 0.2) is 83.9 Å². The Hall–Kier alpha value is -4.18.